The van der Waals surface area contributed by atoms with E-state index in [1.807, 2.05) is 13.0 Å². The molecule has 0 fully saturated rings. The van der Waals surface area contributed by atoms with E-state index in [0.717, 1.165) is 10.9 Å². The van der Waals surface area contributed by atoms with Crippen molar-refractivity contribution in [1.29, 1.82) is 0 Å². The highest BCUT2D eigenvalue weighted by Gasteiger charge is 2.02. The Balaban J connectivity index is 2.73. The van der Waals surface area contributed by atoms with E-state index in [4.69, 9.17) is 5.11 Å². The molecule has 0 aliphatic heterocycles. The SMILES string of the molecule is Cc1cc2cc(F)ccc2nc1CO. The maximum absolute atomic E-state index is 12.9. The maximum Gasteiger partial charge on any atom is 0.123 e. The molecule has 72 valence electrons. The first-order chi connectivity index (χ1) is 6.70. The van der Waals surface area contributed by atoms with Crippen LogP contribution in [0.5, 0.6) is 0 Å². The first-order valence-electron chi connectivity index (χ1n) is 4.37. The fourth-order valence-electron chi connectivity index (χ4n) is 1.45. The number of aromatic nitrogens is 1. The van der Waals surface area contributed by atoms with E-state index in [1.54, 1.807) is 6.07 Å². The second-order valence-corrected chi connectivity index (χ2v) is 3.25. The van der Waals surface area contributed by atoms with Gasteiger partial charge in [0, 0.05) is 5.39 Å². The Morgan fingerprint density at radius 3 is 2.86 bits per heavy atom. The van der Waals surface area contributed by atoms with Gasteiger partial charge < -0.3 is 5.11 Å². The zero-order valence-electron chi connectivity index (χ0n) is 7.79. The quantitative estimate of drug-likeness (QED) is 0.749. The molecule has 0 radical (unpaired) electrons. The molecule has 0 amide bonds. The van der Waals surface area contributed by atoms with Gasteiger partial charge in [-0.2, -0.15) is 0 Å². The number of nitrogens with zero attached hydrogens (tertiary/aromatic N) is 1. The van der Waals surface area contributed by atoms with Crippen molar-refractivity contribution >= 4 is 10.9 Å². The number of fused-ring (bicyclic) bond motifs is 1. The highest BCUT2D eigenvalue weighted by Crippen LogP contribution is 2.17. The second-order valence-electron chi connectivity index (χ2n) is 3.25. The van der Waals surface area contributed by atoms with Crippen molar-refractivity contribution in [2.45, 2.75) is 13.5 Å². The van der Waals surface area contributed by atoms with Gasteiger partial charge in [-0.1, -0.05) is 0 Å². The molecule has 0 bridgehead atoms. The van der Waals surface area contributed by atoms with E-state index in [-0.39, 0.29) is 12.4 Å². The third-order valence-corrected chi connectivity index (χ3v) is 2.22. The number of aliphatic hydroxyl groups is 1. The molecule has 0 saturated heterocycles. The van der Waals surface area contributed by atoms with Crippen LogP contribution in [0.15, 0.2) is 24.3 Å². The van der Waals surface area contributed by atoms with Crippen molar-refractivity contribution in [3.8, 4) is 0 Å². The summed E-state index contributed by atoms with van der Waals surface area (Å²) in [6, 6.07) is 6.25. The molecule has 2 rings (SSSR count). The van der Waals surface area contributed by atoms with Crippen LogP contribution in [-0.4, -0.2) is 10.1 Å². The third kappa shape index (κ3) is 1.46. The molecule has 0 saturated carbocycles. The molecule has 14 heavy (non-hydrogen) atoms. The average molecular weight is 191 g/mol. The van der Waals surface area contributed by atoms with Gasteiger partial charge in [0.25, 0.3) is 0 Å². The molecule has 1 heterocycles. The van der Waals surface area contributed by atoms with Gasteiger partial charge in [-0.25, -0.2) is 4.39 Å². The van der Waals surface area contributed by atoms with Crippen molar-refractivity contribution in [3.05, 3.63) is 41.3 Å². The standard InChI is InChI=1S/C11H10FNO/c1-7-4-8-5-9(12)2-3-10(8)13-11(7)6-14/h2-5,14H,6H2,1H3. The van der Waals surface area contributed by atoms with Gasteiger partial charge in [-0.3, -0.25) is 4.98 Å². The maximum atomic E-state index is 12.9. The number of aryl methyl sites for hydroxylation is 1. The number of benzene rings is 1. The highest BCUT2D eigenvalue weighted by atomic mass is 19.1. The smallest absolute Gasteiger partial charge is 0.123 e. The Morgan fingerprint density at radius 1 is 1.36 bits per heavy atom. The van der Waals surface area contributed by atoms with Gasteiger partial charge in [0.15, 0.2) is 0 Å². The zero-order valence-corrected chi connectivity index (χ0v) is 7.79. The summed E-state index contributed by atoms with van der Waals surface area (Å²) in [6.45, 7) is 1.77. The molecule has 2 nitrogen and oxygen atoms in total. The van der Waals surface area contributed by atoms with Crippen LogP contribution in [0.2, 0.25) is 0 Å². The van der Waals surface area contributed by atoms with E-state index >= 15 is 0 Å². The monoisotopic (exact) mass is 191 g/mol. The largest absolute Gasteiger partial charge is 0.390 e. The Kier molecular flexibility index (Phi) is 2.17. The molecule has 1 aromatic heterocycles. The van der Waals surface area contributed by atoms with Gasteiger partial charge >= 0.3 is 0 Å². The first kappa shape index (κ1) is 9.09. The predicted molar refractivity (Wildman–Crippen MR) is 52.4 cm³/mol. The van der Waals surface area contributed by atoms with Crippen LogP contribution in [0.1, 0.15) is 11.3 Å². The fourth-order valence-corrected chi connectivity index (χ4v) is 1.45. The molecule has 1 aromatic carbocycles. The topological polar surface area (TPSA) is 33.1 Å². The van der Waals surface area contributed by atoms with E-state index in [1.165, 1.54) is 12.1 Å². The molecular weight excluding hydrogens is 181 g/mol. The molecule has 0 aliphatic carbocycles. The molecule has 1 N–H and O–H groups in total. The Hall–Kier alpha value is -1.48. The van der Waals surface area contributed by atoms with E-state index < -0.39 is 0 Å². The van der Waals surface area contributed by atoms with Gasteiger partial charge in [0.1, 0.15) is 5.82 Å². The summed E-state index contributed by atoms with van der Waals surface area (Å²) in [5.41, 5.74) is 2.23. The minimum absolute atomic E-state index is 0.0842. The second kappa shape index (κ2) is 3.35. The zero-order chi connectivity index (χ0) is 10.1. The number of hydrogen-bond donors (Lipinski definition) is 1. The van der Waals surface area contributed by atoms with Gasteiger partial charge in [0.2, 0.25) is 0 Å². The summed E-state index contributed by atoms with van der Waals surface area (Å²) in [5.74, 6) is -0.268. The van der Waals surface area contributed by atoms with Crippen molar-refractivity contribution in [2.24, 2.45) is 0 Å². The van der Waals surface area contributed by atoms with Crippen molar-refractivity contribution in [2.75, 3.05) is 0 Å². The normalized spacial score (nSPS) is 10.8. The Morgan fingerprint density at radius 2 is 2.14 bits per heavy atom. The summed E-state index contributed by atoms with van der Waals surface area (Å²) >= 11 is 0. The van der Waals surface area contributed by atoms with Crippen molar-refractivity contribution in [3.63, 3.8) is 0 Å². The number of hydrogen-bond acceptors (Lipinski definition) is 2. The summed E-state index contributed by atoms with van der Waals surface area (Å²) in [6.07, 6.45) is 0. The minimum atomic E-state index is -0.268. The van der Waals surface area contributed by atoms with Crippen LogP contribution in [0.4, 0.5) is 4.39 Å². The van der Waals surface area contributed by atoms with Crippen molar-refractivity contribution < 1.29 is 9.50 Å². The van der Waals surface area contributed by atoms with Gasteiger partial charge in [0.05, 0.1) is 17.8 Å². The van der Waals surface area contributed by atoms with E-state index in [2.05, 4.69) is 4.98 Å². The van der Waals surface area contributed by atoms with Gasteiger partial charge in [-0.15, -0.1) is 0 Å². The van der Waals surface area contributed by atoms with E-state index in [0.29, 0.717) is 11.2 Å². The lowest BCUT2D eigenvalue weighted by Gasteiger charge is -2.04. The first-order valence-corrected chi connectivity index (χ1v) is 4.37. The van der Waals surface area contributed by atoms with Crippen LogP contribution in [0.3, 0.4) is 0 Å². The van der Waals surface area contributed by atoms with E-state index in [9.17, 15) is 4.39 Å². The molecule has 0 spiro atoms. The van der Waals surface area contributed by atoms with Gasteiger partial charge in [-0.05, 0) is 36.8 Å². The van der Waals surface area contributed by atoms with Crippen LogP contribution < -0.4 is 0 Å². The van der Waals surface area contributed by atoms with Crippen LogP contribution >= 0.6 is 0 Å². The molecule has 2 aromatic rings. The summed E-state index contributed by atoms with van der Waals surface area (Å²) in [5, 5.41) is 9.76. The highest BCUT2D eigenvalue weighted by molar-refractivity contribution is 5.79. The average Bonchev–Trinajstić information content (AvgIpc) is 2.16. The minimum Gasteiger partial charge on any atom is -0.390 e. The number of rotatable bonds is 1. The summed E-state index contributed by atoms with van der Waals surface area (Å²) < 4.78 is 12.9. The van der Waals surface area contributed by atoms with Crippen LogP contribution in [0.25, 0.3) is 10.9 Å². The third-order valence-electron chi connectivity index (χ3n) is 2.22. The summed E-state index contributed by atoms with van der Waals surface area (Å²) in [4.78, 5) is 4.22. The molecule has 0 aliphatic rings. The lowest BCUT2D eigenvalue weighted by Crippen LogP contribution is -1.94. The molecule has 0 unspecified atom stereocenters. The fraction of sp³-hybridized carbons (Fsp3) is 0.182. The lowest BCUT2D eigenvalue weighted by molar-refractivity contribution is 0.276. The molecule has 3 heteroatoms. The lowest BCUT2D eigenvalue weighted by atomic mass is 10.1. The van der Waals surface area contributed by atoms with Crippen molar-refractivity contribution in [1.82, 2.24) is 4.98 Å². The Bertz CT molecular complexity index is 482. The predicted octanol–water partition coefficient (Wildman–Crippen LogP) is 2.17. The summed E-state index contributed by atoms with van der Waals surface area (Å²) in [7, 11) is 0. The van der Waals surface area contributed by atoms with Crippen LogP contribution in [0, 0.1) is 12.7 Å². The number of aliphatic hydroxyl groups excluding tert-OH is 1. The molecular formula is C11H10FNO. The van der Waals surface area contributed by atoms with Crippen LogP contribution in [-0.2, 0) is 6.61 Å². The molecule has 0 atom stereocenters. The number of pyridine rings is 1. The Labute approximate surface area is 81.0 Å². The number of halogens is 1.